The third-order valence-electron chi connectivity index (χ3n) is 1.40. The van der Waals surface area contributed by atoms with E-state index in [1.165, 1.54) is 0 Å². The maximum absolute atomic E-state index is 5.75. The van der Waals surface area contributed by atoms with Crippen LogP contribution in [-0.2, 0) is 0 Å². The molecule has 0 bridgehead atoms. The lowest BCUT2D eigenvalue weighted by Crippen LogP contribution is -2.25. The van der Waals surface area contributed by atoms with Crippen molar-refractivity contribution in [3.05, 3.63) is 11.8 Å². The molecule has 1 aliphatic heterocycles. The molecule has 1 atom stereocenters. The second kappa shape index (κ2) is 2.40. The van der Waals surface area contributed by atoms with Gasteiger partial charge in [-0.25, -0.2) is 0 Å². The summed E-state index contributed by atoms with van der Waals surface area (Å²) < 4.78 is 0. The van der Waals surface area contributed by atoms with Crippen molar-refractivity contribution in [3.8, 4) is 0 Å². The molecule has 0 fully saturated rings. The van der Waals surface area contributed by atoms with Gasteiger partial charge in [0.15, 0.2) is 5.62 Å². The van der Waals surface area contributed by atoms with Gasteiger partial charge in [0.2, 0.25) is 0 Å². The molecule has 0 radical (unpaired) electrons. The molecule has 0 saturated heterocycles. The van der Waals surface area contributed by atoms with E-state index >= 15 is 0 Å². The molecule has 0 aromatic rings. The molecule has 1 rings (SSSR count). The first-order valence-corrected chi connectivity index (χ1v) is 3.22. The van der Waals surface area contributed by atoms with Crippen LogP contribution in [0.25, 0.3) is 0 Å². The lowest BCUT2D eigenvalue weighted by atomic mass is 10.4. The third kappa shape index (κ3) is 1.24. The molecule has 9 heavy (non-hydrogen) atoms. The second-order valence-electron chi connectivity index (χ2n) is 2.03. The Morgan fingerprint density at radius 3 is 2.89 bits per heavy atom. The van der Waals surface area contributed by atoms with Crippen LogP contribution in [0, 0.1) is 0 Å². The molecule has 0 N–H and O–H groups in total. The van der Waals surface area contributed by atoms with Crippen LogP contribution in [0.1, 0.15) is 6.92 Å². The van der Waals surface area contributed by atoms with Crippen LogP contribution < -0.4 is 0 Å². The van der Waals surface area contributed by atoms with Crippen molar-refractivity contribution in [2.45, 2.75) is 12.5 Å². The van der Waals surface area contributed by atoms with Crippen LogP contribution in [0.5, 0.6) is 0 Å². The summed E-state index contributed by atoms with van der Waals surface area (Å²) in [5, 5.41) is 0. The van der Waals surface area contributed by atoms with E-state index in [9.17, 15) is 0 Å². The topological polar surface area (TPSA) is 15.6 Å². The average molecular weight is 145 g/mol. The third-order valence-corrected chi connectivity index (χ3v) is 1.81. The Bertz CT molecular complexity index is 162. The number of alkyl halides is 1. The van der Waals surface area contributed by atoms with E-state index in [-0.39, 0.29) is 5.62 Å². The minimum Gasteiger partial charge on any atom is -0.344 e. The summed E-state index contributed by atoms with van der Waals surface area (Å²) in [6, 6.07) is 0. The Morgan fingerprint density at radius 2 is 2.44 bits per heavy atom. The van der Waals surface area contributed by atoms with Gasteiger partial charge in [0, 0.05) is 19.0 Å². The normalized spacial score (nSPS) is 26.3. The van der Waals surface area contributed by atoms with Gasteiger partial charge in [-0.2, -0.15) is 0 Å². The van der Waals surface area contributed by atoms with Gasteiger partial charge in [-0.15, -0.1) is 0 Å². The summed E-state index contributed by atoms with van der Waals surface area (Å²) >= 11 is 5.75. The molecule has 0 aromatic heterocycles. The summed E-state index contributed by atoms with van der Waals surface area (Å²) in [5.41, 5.74) is 0.931. The number of hydrogen-bond donors (Lipinski definition) is 0. The van der Waals surface area contributed by atoms with E-state index in [1.807, 2.05) is 24.9 Å². The fourth-order valence-electron chi connectivity index (χ4n) is 0.608. The molecule has 50 valence electrons. The summed E-state index contributed by atoms with van der Waals surface area (Å²) in [6.45, 7) is 2.00. The predicted molar refractivity (Wildman–Crippen MR) is 39.7 cm³/mol. The van der Waals surface area contributed by atoms with E-state index < -0.39 is 0 Å². The molecule has 0 aromatic carbocycles. The summed E-state index contributed by atoms with van der Waals surface area (Å²) in [4.78, 5) is 5.86. The Kier molecular flexibility index (Phi) is 1.76. The van der Waals surface area contributed by atoms with E-state index in [0.29, 0.717) is 0 Å². The zero-order chi connectivity index (χ0) is 6.85. The minimum absolute atomic E-state index is 0.213. The Balaban J connectivity index is 2.73. The highest BCUT2D eigenvalue weighted by Crippen LogP contribution is 2.13. The fourth-order valence-corrected chi connectivity index (χ4v) is 0.827. The summed E-state index contributed by atoms with van der Waals surface area (Å²) in [7, 11) is 1.92. The SMILES string of the molecule is CC1=CC=NC(Cl)N1C. The van der Waals surface area contributed by atoms with Gasteiger partial charge < -0.3 is 4.90 Å². The monoisotopic (exact) mass is 144 g/mol. The first kappa shape index (κ1) is 6.62. The Hall–Kier alpha value is -0.500. The van der Waals surface area contributed by atoms with Crippen LogP contribution in [0.3, 0.4) is 0 Å². The van der Waals surface area contributed by atoms with Crippen LogP contribution in [-0.4, -0.2) is 23.8 Å². The van der Waals surface area contributed by atoms with E-state index in [0.717, 1.165) is 5.70 Å². The molecule has 0 spiro atoms. The largest absolute Gasteiger partial charge is 0.344 e. The van der Waals surface area contributed by atoms with Gasteiger partial charge in [-0.1, -0.05) is 11.6 Å². The number of rotatable bonds is 0. The van der Waals surface area contributed by atoms with Crippen LogP contribution in [0.4, 0.5) is 0 Å². The summed E-state index contributed by atoms with van der Waals surface area (Å²) in [6.07, 6.45) is 3.66. The number of allylic oxidation sites excluding steroid dienone is 2. The Labute approximate surface area is 59.8 Å². The van der Waals surface area contributed by atoms with Crippen molar-refractivity contribution in [2.75, 3.05) is 7.05 Å². The Morgan fingerprint density at radius 1 is 1.78 bits per heavy atom. The van der Waals surface area contributed by atoms with Crippen molar-refractivity contribution in [2.24, 2.45) is 4.99 Å². The maximum atomic E-state index is 5.75. The maximum Gasteiger partial charge on any atom is 0.197 e. The predicted octanol–water partition coefficient (Wildman–Crippen LogP) is 1.43. The van der Waals surface area contributed by atoms with Gasteiger partial charge >= 0.3 is 0 Å². The number of nitrogens with zero attached hydrogens (tertiary/aromatic N) is 2. The van der Waals surface area contributed by atoms with Crippen molar-refractivity contribution in [3.63, 3.8) is 0 Å². The average Bonchev–Trinajstić information content (AvgIpc) is 1.83. The zero-order valence-electron chi connectivity index (χ0n) is 5.50. The van der Waals surface area contributed by atoms with Crippen LogP contribution >= 0.6 is 11.6 Å². The number of halogens is 1. The molecular weight excluding hydrogens is 136 g/mol. The number of aliphatic imine (C=N–C) groups is 1. The van der Waals surface area contributed by atoms with Crippen molar-refractivity contribution >= 4 is 17.8 Å². The molecule has 0 amide bonds. The fraction of sp³-hybridized carbons (Fsp3) is 0.500. The van der Waals surface area contributed by atoms with E-state index in [1.54, 1.807) is 6.21 Å². The molecule has 1 aliphatic rings. The van der Waals surface area contributed by atoms with Gasteiger partial charge in [-0.3, -0.25) is 4.99 Å². The van der Waals surface area contributed by atoms with Gasteiger partial charge in [0.05, 0.1) is 0 Å². The highest BCUT2D eigenvalue weighted by molar-refractivity contribution is 6.20. The number of hydrogen-bond acceptors (Lipinski definition) is 2. The standard InChI is InChI=1S/C6H9ClN2/c1-5-3-4-8-6(7)9(5)2/h3-4,6H,1-2H3. The molecular formula is C6H9ClN2. The lowest BCUT2D eigenvalue weighted by Gasteiger charge is -2.24. The molecule has 1 unspecified atom stereocenters. The molecule has 0 aliphatic carbocycles. The molecule has 2 nitrogen and oxygen atoms in total. The second-order valence-corrected chi connectivity index (χ2v) is 2.42. The van der Waals surface area contributed by atoms with Crippen molar-refractivity contribution < 1.29 is 0 Å². The molecule has 3 heteroatoms. The van der Waals surface area contributed by atoms with Crippen LogP contribution in [0.2, 0.25) is 0 Å². The minimum atomic E-state index is -0.213. The molecule has 1 heterocycles. The van der Waals surface area contributed by atoms with Crippen molar-refractivity contribution in [1.29, 1.82) is 0 Å². The first-order valence-electron chi connectivity index (χ1n) is 2.79. The van der Waals surface area contributed by atoms with Gasteiger partial charge in [0.1, 0.15) is 0 Å². The summed E-state index contributed by atoms with van der Waals surface area (Å²) in [5.74, 6) is 0. The molecule has 0 saturated carbocycles. The first-order chi connectivity index (χ1) is 4.22. The van der Waals surface area contributed by atoms with E-state index in [2.05, 4.69) is 4.99 Å². The van der Waals surface area contributed by atoms with Gasteiger partial charge in [0.25, 0.3) is 0 Å². The van der Waals surface area contributed by atoms with Crippen molar-refractivity contribution in [1.82, 2.24) is 4.90 Å². The van der Waals surface area contributed by atoms with E-state index in [4.69, 9.17) is 11.6 Å². The zero-order valence-corrected chi connectivity index (χ0v) is 6.26. The lowest BCUT2D eigenvalue weighted by molar-refractivity contribution is 0.392. The van der Waals surface area contributed by atoms with Crippen LogP contribution in [0.15, 0.2) is 16.8 Å². The quantitative estimate of drug-likeness (QED) is 0.371. The smallest absolute Gasteiger partial charge is 0.197 e. The highest BCUT2D eigenvalue weighted by Gasteiger charge is 2.10. The highest BCUT2D eigenvalue weighted by atomic mass is 35.5. The van der Waals surface area contributed by atoms with Gasteiger partial charge in [-0.05, 0) is 13.0 Å².